The van der Waals surface area contributed by atoms with Crippen LogP contribution in [0.1, 0.15) is 52.9 Å². The molecule has 1 aromatic rings. The van der Waals surface area contributed by atoms with Gasteiger partial charge < -0.3 is 14.8 Å². The third-order valence-electron chi connectivity index (χ3n) is 4.05. The largest absolute Gasteiger partial charge is 0.492 e. The first-order valence-electron chi connectivity index (χ1n) is 9.25. The fraction of sp³-hybridized carbons (Fsp3) is 0.650. The molecule has 0 saturated heterocycles. The van der Waals surface area contributed by atoms with Crippen LogP contribution in [0.4, 0.5) is 4.79 Å². The Morgan fingerprint density at radius 1 is 1.24 bits per heavy atom. The molecule has 0 unspecified atom stereocenters. The molecule has 2 rings (SSSR count). The number of thioether (sulfide) groups is 1. The van der Waals surface area contributed by atoms with E-state index in [-0.39, 0.29) is 0 Å². The summed E-state index contributed by atoms with van der Waals surface area (Å²) in [5.74, 6) is 2.91. The van der Waals surface area contributed by atoms with Gasteiger partial charge in [-0.15, -0.1) is 11.8 Å². The van der Waals surface area contributed by atoms with Gasteiger partial charge in [0.2, 0.25) is 0 Å². The first kappa shape index (κ1) is 20.0. The molecule has 1 aliphatic carbocycles. The van der Waals surface area contributed by atoms with Gasteiger partial charge in [-0.2, -0.15) is 0 Å². The summed E-state index contributed by atoms with van der Waals surface area (Å²) in [6.45, 7) is 6.39. The monoisotopic (exact) mass is 365 g/mol. The van der Waals surface area contributed by atoms with Crippen LogP contribution in [0.25, 0.3) is 0 Å². The zero-order valence-electron chi connectivity index (χ0n) is 15.7. The van der Waals surface area contributed by atoms with Gasteiger partial charge in [-0.1, -0.05) is 25.3 Å². The molecule has 0 bridgehead atoms. The molecule has 1 amide bonds. The van der Waals surface area contributed by atoms with Crippen molar-refractivity contribution < 1.29 is 14.3 Å². The van der Waals surface area contributed by atoms with Crippen molar-refractivity contribution in [2.24, 2.45) is 5.92 Å². The van der Waals surface area contributed by atoms with Crippen LogP contribution in [0.2, 0.25) is 0 Å². The van der Waals surface area contributed by atoms with Crippen LogP contribution in [-0.2, 0) is 4.74 Å². The van der Waals surface area contributed by atoms with Crippen LogP contribution in [-0.4, -0.2) is 30.6 Å². The Kier molecular flexibility index (Phi) is 7.94. The van der Waals surface area contributed by atoms with Gasteiger partial charge >= 0.3 is 6.09 Å². The number of benzene rings is 1. The number of alkyl carbamates (subject to hydrolysis) is 1. The number of rotatable bonds is 7. The van der Waals surface area contributed by atoms with E-state index in [9.17, 15) is 4.79 Å². The smallest absolute Gasteiger partial charge is 0.407 e. The minimum atomic E-state index is -0.477. The van der Waals surface area contributed by atoms with Gasteiger partial charge in [0.1, 0.15) is 18.0 Å². The molecule has 0 heterocycles. The van der Waals surface area contributed by atoms with Crippen molar-refractivity contribution >= 4 is 17.9 Å². The highest BCUT2D eigenvalue weighted by molar-refractivity contribution is 7.99. The molecule has 1 saturated carbocycles. The second-order valence-corrected chi connectivity index (χ2v) is 8.66. The molecular formula is C20H31NO3S. The molecule has 1 aliphatic rings. The molecule has 25 heavy (non-hydrogen) atoms. The van der Waals surface area contributed by atoms with Gasteiger partial charge in [0.05, 0.1) is 6.54 Å². The Morgan fingerprint density at radius 3 is 2.72 bits per heavy atom. The fourth-order valence-electron chi connectivity index (χ4n) is 2.86. The van der Waals surface area contributed by atoms with Gasteiger partial charge in [-0.05, 0) is 57.7 Å². The molecule has 0 spiro atoms. The van der Waals surface area contributed by atoms with Crippen LogP contribution in [0.3, 0.4) is 0 Å². The first-order chi connectivity index (χ1) is 11.9. The second kappa shape index (κ2) is 9.95. The van der Waals surface area contributed by atoms with E-state index in [1.807, 2.05) is 44.7 Å². The van der Waals surface area contributed by atoms with Crippen molar-refractivity contribution in [2.75, 3.05) is 18.9 Å². The van der Waals surface area contributed by atoms with Gasteiger partial charge in [-0.3, -0.25) is 0 Å². The molecule has 0 atom stereocenters. The second-order valence-electron chi connectivity index (χ2n) is 7.57. The normalized spacial score (nSPS) is 15.6. The molecule has 4 nitrogen and oxygen atoms in total. The van der Waals surface area contributed by atoms with Crippen LogP contribution >= 0.6 is 11.8 Å². The maximum Gasteiger partial charge on any atom is 0.407 e. The van der Waals surface area contributed by atoms with Crippen LogP contribution < -0.4 is 10.1 Å². The predicted octanol–water partition coefficient (Wildman–Crippen LogP) is 5.26. The number of amides is 1. The van der Waals surface area contributed by atoms with E-state index in [0.717, 1.165) is 11.7 Å². The SMILES string of the molecule is CC(C)(C)OC(=O)NCCOc1cccc(SCC2CCCCC2)c1. The Bertz CT molecular complexity index is 536. The maximum absolute atomic E-state index is 11.6. The number of carbonyl (C=O) groups is 1. The van der Waals surface area contributed by atoms with Crippen molar-refractivity contribution in [3.8, 4) is 5.75 Å². The highest BCUT2D eigenvalue weighted by atomic mass is 32.2. The molecule has 5 heteroatoms. The number of carbonyl (C=O) groups excluding carboxylic acids is 1. The van der Waals surface area contributed by atoms with Crippen molar-refractivity contribution in [1.82, 2.24) is 5.32 Å². The molecule has 0 aliphatic heterocycles. The highest BCUT2D eigenvalue weighted by Gasteiger charge is 2.15. The third kappa shape index (κ3) is 8.52. The number of nitrogens with one attached hydrogen (secondary N) is 1. The average molecular weight is 366 g/mol. The van der Waals surface area contributed by atoms with Crippen LogP contribution in [0.15, 0.2) is 29.2 Å². The van der Waals surface area contributed by atoms with E-state index in [1.54, 1.807) is 0 Å². The molecule has 0 aromatic heterocycles. The van der Waals surface area contributed by atoms with Gasteiger partial charge in [0, 0.05) is 10.6 Å². The summed E-state index contributed by atoms with van der Waals surface area (Å²) in [6, 6.07) is 8.21. The van der Waals surface area contributed by atoms with E-state index < -0.39 is 11.7 Å². The average Bonchev–Trinajstić information content (AvgIpc) is 2.57. The van der Waals surface area contributed by atoms with Crippen LogP contribution in [0, 0.1) is 5.92 Å². The molecule has 140 valence electrons. The summed E-state index contributed by atoms with van der Waals surface area (Å²) in [7, 11) is 0. The topological polar surface area (TPSA) is 47.6 Å². The summed E-state index contributed by atoms with van der Waals surface area (Å²) < 4.78 is 10.9. The van der Waals surface area contributed by atoms with E-state index >= 15 is 0 Å². The zero-order valence-corrected chi connectivity index (χ0v) is 16.5. The standard InChI is InChI=1S/C20H31NO3S/c1-20(2,3)24-19(22)21-12-13-23-17-10-7-11-18(14-17)25-15-16-8-5-4-6-9-16/h7,10-11,14,16H,4-6,8-9,12-13,15H2,1-3H3,(H,21,22). The van der Waals surface area contributed by atoms with Crippen molar-refractivity contribution in [3.05, 3.63) is 24.3 Å². The van der Waals surface area contributed by atoms with Crippen molar-refractivity contribution in [1.29, 1.82) is 0 Å². The molecule has 1 fully saturated rings. The summed E-state index contributed by atoms with van der Waals surface area (Å²) in [4.78, 5) is 12.8. The minimum Gasteiger partial charge on any atom is -0.492 e. The van der Waals surface area contributed by atoms with Crippen molar-refractivity contribution in [3.63, 3.8) is 0 Å². The summed E-state index contributed by atoms with van der Waals surface area (Å²) >= 11 is 1.92. The summed E-state index contributed by atoms with van der Waals surface area (Å²) in [5.41, 5.74) is -0.477. The molecule has 0 radical (unpaired) electrons. The third-order valence-corrected chi connectivity index (χ3v) is 5.28. The summed E-state index contributed by atoms with van der Waals surface area (Å²) in [5, 5.41) is 2.70. The minimum absolute atomic E-state index is 0.409. The fourth-order valence-corrected chi connectivity index (χ4v) is 3.99. The van der Waals surface area contributed by atoms with Crippen LogP contribution in [0.5, 0.6) is 5.75 Å². The lowest BCUT2D eigenvalue weighted by atomic mass is 9.91. The highest BCUT2D eigenvalue weighted by Crippen LogP contribution is 2.31. The number of hydrogen-bond donors (Lipinski definition) is 1. The lowest BCUT2D eigenvalue weighted by Gasteiger charge is -2.21. The van der Waals surface area contributed by atoms with Crippen molar-refractivity contribution in [2.45, 2.75) is 63.4 Å². The Morgan fingerprint density at radius 2 is 2.00 bits per heavy atom. The lowest BCUT2D eigenvalue weighted by Crippen LogP contribution is -2.34. The van der Waals surface area contributed by atoms with E-state index in [4.69, 9.17) is 9.47 Å². The Labute approximate surface area is 156 Å². The van der Waals surface area contributed by atoms with E-state index in [0.29, 0.717) is 13.2 Å². The zero-order chi connectivity index (χ0) is 18.1. The quantitative estimate of drug-likeness (QED) is 0.529. The van der Waals surface area contributed by atoms with Gasteiger partial charge in [0.15, 0.2) is 0 Å². The first-order valence-corrected chi connectivity index (χ1v) is 10.2. The molecule has 1 N–H and O–H groups in total. The Balaban J connectivity index is 1.67. The van der Waals surface area contributed by atoms with E-state index in [1.165, 1.54) is 42.8 Å². The lowest BCUT2D eigenvalue weighted by molar-refractivity contribution is 0.0520. The van der Waals surface area contributed by atoms with Gasteiger partial charge in [0.25, 0.3) is 0 Å². The predicted molar refractivity (Wildman–Crippen MR) is 103 cm³/mol. The Hall–Kier alpha value is -1.36. The number of hydrogen-bond acceptors (Lipinski definition) is 4. The summed E-state index contributed by atoms with van der Waals surface area (Å²) in [6.07, 6.45) is 6.52. The number of ether oxygens (including phenoxy) is 2. The van der Waals surface area contributed by atoms with E-state index in [2.05, 4.69) is 17.4 Å². The molecule has 1 aromatic carbocycles. The maximum atomic E-state index is 11.6. The molecular weight excluding hydrogens is 334 g/mol. The van der Waals surface area contributed by atoms with Gasteiger partial charge in [-0.25, -0.2) is 4.79 Å².